The van der Waals surface area contributed by atoms with Crippen molar-refractivity contribution in [1.82, 2.24) is 10.6 Å². The quantitative estimate of drug-likeness (QED) is 0.0669. The van der Waals surface area contributed by atoms with Crippen LogP contribution in [0.5, 0.6) is 0 Å². The summed E-state index contributed by atoms with van der Waals surface area (Å²) in [4.78, 5) is 52.0. The van der Waals surface area contributed by atoms with E-state index in [9.17, 15) is 44.4 Å². The van der Waals surface area contributed by atoms with Crippen LogP contribution in [-0.4, -0.2) is 190 Å². The van der Waals surface area contributed by atoms with Gasteiger partial charge in [0.25, 0.3) is 0 Å². The molecule has 0 aliphatic carbocycles. The van der Waals surface area contributed by atoms with Crippen LogP contribution in [0, 0.1) is 0 Å². The molecular weight excluding hydrogens is 580 g/mol. The van der Waals surface area contributed by atoms with E-state index in [0.717, 1.165) is 13.8 Å². The van der Waals surface area contributed by atoms with E-state index >= 15 is 0 Å². The van der Waals surface area contributed by atoms with E-state index in [1.54, 1.807) is 0 Å². The van der Waals surface area contributed by atoms with E-state index in [-0.39, 0.29) is 18.9 Å². The van der Waals surface area contributed by atoms with Gasteiger partial charge in [-0.05, 0) is 0 Å². The molecule has 0 unspecified atom stereocenters. The predicted octanol–water partition coefficient (Wildman–Crippen LogP) is -9.85. The summed E-state index contributed by atoms with van der Waals surface area (Å²) < 4.78 is 0. The molecule has 0 heterocycles. The Morgan fingerprint density at radius 3 is 0.952 bits per heavy atom. The maximum Gasteiger partial charge on any atom is 0.217 e. The Balaban J connectivity index is -0.000000547. The molecule has 0 aliphatic rings. The SMILES string of the molecule is CC(=O)N[C@@H](C=O)[C@@H](O)[C@H](O)[C@H](O)CO.CC(=O)N[C@@H](C=O)[C@@H](O)[C@H](O)[C@H](O)CO.O=C[C@@H](O)[C@@H](O)[C@H](O)[C@H](O)CO. The van der Waals surface area contributed by atoms with Crippen molar-refractivity contribution in [3.63, 3.8) is 0 Å². The monoisotopic (exact) mass is 622 g/mol. The summed E-state index contributed by atoms with van der Waals surface area (Å²) in [6.45, 7) is -0.00625. The Hall–Kier alpha value is -2.57. The van der Waals surface area contributed by atoms with E-state index < -0.39 is 105 Å². The molecule has 20 heteroatoms. The number of aliphatic hydroxyl groups excluding tert-OH is 13. The van der Waals surface area contributed by atoms with Crippen LogP contribution in [0.1, 0.15) is 13.8 Å². The Bertz CT molecular complexity index is 730. The van der Waals surface area contributed by atoms with Crippen LogP contribution >= 0.6 is 0 Å². The second kappa shape index (κ2) is 23.9. The van der Waals surface area contributed by atoms with Crippen LogP contribution in [0.2, 0.25) is 0 Å². The van der Waals surface area contributed by atoms with Crippen molar-refractivity contribution in [2.24, 2.45) is 0 Å². The predicted molar refractivity (Wildman–Crippen MR) is 135 cm³/mol. The minimum absolute atomic E-state index is 0.0258. The summed E-state index contributed by atoms with van der Waals surface area (Å²) in [7, 11) is 0. The van der Waals surface area contributed by atoms with Gasteiger partial charge in [-0.15, -0.1) is 0 Å². The lowest BCUT2D eigenvalue weighted by molar-refractivity contribution is -0.136. The lowest BCUT2D eigenvalue weighted by Gasteiger charge is -2.25. The highest BCUT2D eigenvalue weighted by atomic mass is 16.4. The van der Waals surface area contributed by atoms with Gasteiger partial charge in [-0.2, -0.15) is 0 Å². The maximum absolute atomic E-state index is 10.6. The third kappa shape index (κ3) is 17.4. The minimum Gasteiger partial charge on any atom is -0.394 e. The van der Waals surface area contributed by atoms with Gasteiger partial charge in [0.15, 0.2) is 6.29 Å². The molecule has 0 aromatic carbocycles. The van der Waals surface area contributed by atoms with Gasteiger partial charge in [0.2, 0.25) is 11.8 Å². The number of carbonyl (C=O) groups is 5. The fraction of sp³-hybridized carbons (Fsp3) is 0.773. The summed E-state index contributed by atoms with van der Waals surface area (Å²) in [6, 6.07) is -2.64. The third-order valence-electron chi connectivity index (χ3n) is 5.05. The average molecular weight is 623 g/mol. The van der Waals surface area contributed by atoms with Crippen molar-refractivity contribution in [2.75, 3.05) is 19.8 Å². The molecular formula is C22H42N2O18. The Morgan fingerprint density at radius 1 is 0.500 bits per heavy atom. The van der Waals surface area contributed by atoms with Crippen LogP contribution in [-0.2, 0) is 24.0 Å². The summed E-state index contributed by atoms with van der Waals surface area (Å²) in [5, 5.41) is 120. The number of hydrogen-bond donors (Lipinski definition) is 15. The maximum atomic E-state index is 10.6. The largest absolute Gasteiger partial charge is 0.394 e. The number of aldehydes is 3. The number of carbonyl (C=O) groups excluding carboxylic acids is 5. The first-order chi connectivity index (χ1) is 19.4. The molecule has 0 radical (unpaired) electrons. The minimum atomic E-state index is -1.79. The van der Waals surface area contributed by atoms with Gasteiger partial charge in [0.05, 0.1) is 19.8 Å². The number of nitrogens with one attached hydrogen (secondary N) is 2. The van der Waals surface area contributed by atoms with Gasteiger partial charge < -0.3 is 91.4 Å². The Morgan fingerprint density at radius 2 is 0.762 bits per heavy atom. The van der Waals surface area contributed by atoms with Crippen molar-refractivity contribution in [2.45, 2.75) is 87.0 Å². The van der Waals surface area contributed by atoms with Crippen LogP contribution in [0.4, 0.5) is 0 Å². The lowest BCUT2D eigenvalue weighted by atomic mass is 10.0. The van der Waals surface area contributed by atoms with Gasteiger partial charge in [-0.25, -0.2) is 0 Å². The second-order valence-electron chi connectivity index (χ2n) is 8.54. The zero-order valence-corrected chi connectivity index (χ0v) is 22.6. The topological polar surface area (TPSA) is 372 Å². The Labute approximate surface area is 239 Å². The van der Waals surface area contributed by atoms with Gasteiger partial charge in [-0.1, -0.05) is 0 Å². The van der Waals surface area contributed by atoms with Gasteiger partial charge in [-0.3, -0.25) is 9.59 Å². The molecule has 0 aromatic rings. The first-order valence-corrected chi connectivity index (χ1v) is 11.9. The molecule has 15 N–H and O–H groups in total. The van der Waals surface area contributed by atoms with E-state index in [0.29, 0.717) is 0 Å². The molecule has 0 rings (SSSR count). The molecule has 0 fully saturated rings. The van der Waals surface area contributed by atoms with Crippen LogP contribution in [0.3, 0.4) is 0 Å². The standard InChI is InChI=1S/2C8H15NO6.C6H12O6/c2*1-4(12)9-5(2-10)7(14)8(15)6(13)3-11;7-1-3(9)5(11)6(12)4(10)2-8/h2*2,5-8,11,13-15H,3H2,1H3,(H,9,12);1,3-6,8-12H,2H2/t2*5-,6+,7+,8+;3-,4-,5-,6-/m001/s1. The van der Waals surface area contributed by atoms with E-state index in [2.05, 4.69) is 10.6 Å². The molecule has 2 amide bonds. The molecule has 0 aromatic heterocycles. The van der Waals surface area contributed by atoms with Crippen molar-refractivity contribution < 1.29 is 90.4 Å². The number of hydrogen-bond acceptors (Lipinski definition) is 18. The highest BCUT2D eigenvalue weighted by molar-refractivity contribution is 5.78. The zero-order valence-electron chi connectivity index (χ0n) is 22.6. The molecule has 12 atom stereocenters. The smallest absolute Gasteiger partial charge is 0.217 e. The van der Waals surface area contributed by atoms with Gasteiger partial charge >= 0.3 is 0 Å². The average Bonchev–Trinajstić information content (AvgIpc) is 2.98. The molecule has 0 saturated heterocycles. The molecule has 0 spiro atoms. The third-order valence-corrected chi connectivity index (χ3v) is 5.05. The molecule has 248 valence electrons. The molecule has 0 saturated carbocycles. The lowest BCUT2D eigenvalue weighted by Crippen LogP contribution is -2.53. The Kier molecular flexibility index (Phi) is 25.0. The molecule has 0 aliphatic heterocycles. The molecule has 20 nitrogen and oxygen atoms in total. The van der Waals surface area contributed by atoms with Crippen molar-refractivity contribution in [1.29, 1.82) is 0 Å². The van der Waals surface area contributed by atoms with E-state index in [1.807, 2.05) is 0 Å². The summed E-state index contributed by atoms with van der Waals surface area (Å²) in [5.74, 6) is -1.12. The van der Waals surface area contributed by atoms with E-state index in [4.69, 9.17) is 46.0 Å². The summed E-state index contributed by atoms with van der Waals surface area (Å²) in [6.07, 6.45) is -16.3. The van der Waals surface area contributed by atoms with Crippen LogP contribution in [0.25, 0.3) is 0 Å². The van der Waals surface area contributed by atoms with Gasteiger partial charge in [0.1, 0.15) is 85.7 Å². The first-order valence-electron chi connectivity index (χ1n) is 11.9. The highest BCUT2D eigenvalue weighted by Gasteiger charge is 2.32. The normalized spacial score (nSPS) is 19.4. The van der Waals surface area contributed by atoms with Gasteiger partial charge in [0, 0.05) is 13.8 Å². The summed E-state index contributed by atoms with van der Waals surface area (Å²) >= 11 is 0. The van der Waals surface area contributed by atoms with Crippen LogP contribution in [0.15, 0.2) is 0 Å². The molecule has 42 heavy (non-hydrogen) atoms. The number of aliphatic hydroxyl groups is 13. The number of amides is 2. The summed E-state index contributed by atoms with van der Waals surface area (Å²) in [5.41, 5.74) is 0. The zero-order chi connectivity index (χ0) is 33.7. The van der Waals surface area contributed by atoms with Crippen molar-refractivity contribution >= 4 is 30.7 Å². The second-order valence-corrected chi connectivity index (χ2v) is 8.54. The van der Waals surface area contributed by atoms with Crippen molar-refractivity contribution in [3.05, 3.63) is 0 Å². The fourth-order valence-corrected chi connectivity index (χ4v) is 2.58. The first kappa shape index (κ1) is 43.9. The number of rotatable bonds is 17. The fourth-order valence-electron chi connectivity index (χ4n) is 2.58. The van der Waals surface area contributed by atoms with Crippen molar-refractivity contribution in [3.8, 4) is 0 Å². The molecule has 0 bridgehead atoms. The highest BCUT2D eigenvalue weighted by Crippen LogP contribution is 2.05. The van der Waals surface area contributed by atoms with E-state index in [1.165, 1.54) is 0 Å². The van der Waals surface area contributed by atoms with Crippen LogP contribution < -0.4 is 10.6 Å².